The SMILES string of the molecule is CC(C)C1CCC(OCc2ccc(CN)cc2)CC1. The Kier molecular flexibility index (Phi) is 5.41. The predicted octanol–water partition coefficient (Wildman–Crippen LogP) is 3.88. The van der Waals surface area contributed by atoms with Crippen molar-refractivity contribution in [3.8, 4) is 0 Å². The Morgan fingerprint density at radius 1 is 1.05 bits per heavy atom. The molecule has 0 bridgehead atoms. The number of rotatable bonds is 5. The highest BCUT2D eigenvalue weighted by Gasteiger charge is 2.23. The maximum atomic E-state index is 6.04. The fourth-order valence-electron chi connectivity index (χ4n) is 2.91. The normalized spacial score (nSPS) is 23.8. The average molecular weight is 261 g/mol. The van der Waals surface area contributed by atoms with Crippen LogP contribution in [0.4, 0.5) is 0 Å². The molecule has 0 unspecified atom stereocenters. The van der Waals surface area contributed by atoms with Crippen molar-refractivity contribution in [2.24, 2.45) is 17.6 Å². The predicted molar refractivity (Wildman–Crippen MR) is 79.7 cm³/mol. The highest BCUT2D eigenvalue weighted by Crippen LogP contribution is 2.31. The van der Waals surface area contributed by atoms with Crippen LogP contribution in [0.15, 0.2) is 24.3 Å². The van der Waals surface area contributed by atoms with Gasteiger partial charge >= 0.3 is 0 Å². The van der Waals surface area contributed by atoms with Crippen LogP contribution in [-0.4, -0.2) is 6.10 Å². The molecule has 0 aliphatic heterocycles. The smallest absolute Gasteiger partial charge is 0.0720 e. The maximum absolute atomic E-state index is 6.04. The summed E-state index contributed by atoms with van der Waals surface area (Å²) in [5, 5.41) is 0. The van der Waals surface area contributed by atoms with Gasteiger partial charge in [0.25, 0.3) is 0 Å². The van der Waals surface area contributed by atoms with Crippen LogP contribution >= 0.6 is 0 Å². The van der Waals surface area contributed by atoms with Crippen molar-refractivity contribution in [3.05, 3.63) is 35.4 Å². The van der Waals surface area contributed by atoms with E-state index in [1.807, 2.05) is 0 Å². The van der Waals surface area contributed by atoms with Crippen molar-refractivity contribution in [2.45, 2.75) is 58.8 Å². The van der Waals surface area contributed by atoms with E-state index in [0.29, 0.717) is 12.6 Å². The second-order valence-corrected chi connectivity index (χ2v) is 6.11. The Balaban J connectivity index is 1.74. The van der Waals surface area contributed by atoms with Crippen molar-refractivity contribution in [1.29, 1.82) is 0 Å². The molecule has 19 heavy (non-hydrogen) atoms. The van der Waals surface area contributed by atoms with E-state index >= 15 is 0 Å². The molecule has 2 nitrogen and oxygen atoms in total. The van der Waals surface area contributed by atoms with E-state index in [-0.39, 0.29) is 0 Å². The topological polar surface area (TPSA) is 35.2 Å². The fourth-order valence-corrected chi connectivity index (χ4v) is 2.91. The first-order valence-corrected chi connectivity index (χ1v) is 7.58. The first-order valence-electron chi connectivity index (χ1n) is 7.58. The molecule has 0 spiro atoms. The summed E-state index contributed by atoms with van der Waals surface area (Å²) >= 11 is 0. The van der Waals surface area contributed by atoms with Gasteiger partial charge in [0, 0.05) is 6.54 Å². The minimum absolute atomic E-state index is 0.462. The summed E-state index contributed by atoms with van der Waals surface area (Å²) in [6.45, 7) is 6.03. The van der Waals surface area contributed by atoms with Gasteiger partial charge in [-0.05, 0) is 48.6 Å². The molecule has 0 radical (unpaired) electrons. The van der Waals surface area contributed by atoms with Gasteiger partial charge in [-0.2, -0.15) is 0 Å². The second-order valence-electron chi connectivity index (χ2n) is 6.11. The van der Waals surface area contributed by atoms with Crippen LogP contribution in [0.3, 0.4) is 0 Å². The summed E-state index contributed by atoms with van der Waals surface area (Å²) in [4.78, 5) is 0. The summed E-state index contributed by atoms with van der Waals surface area (Å²) in [5.41, 5.74) is 8.03. The van der Waals surface area contributed by atoms with Crippen molar-refractivity contribution >= 4 is 0 Å². The molecule has 1 fully saturated rings. The number of hydrogen-bond donors (Lipinski definition) is 1. The van der Waals surface area contributed by atoms with Gasteiger partial charge in [0.1, 0.15) is 0 Å². The highest BCUT2D eigenvalue weighted by atomic mass is 16.5. The van der Waals surface area contributed by atoms with Crippen LogP contribution in [0.25, 0.3) is 0 Å². The Hall–Kier alpha value is -0.860. The van der Waals surface area contributed by atoms with E-state index in [9.17, 15) is 0 Å². The first-order chi connectivity index (χ1) is 9.19. The lowest BCUT2D eigenvalue weighted by atomic mass is 9.80. The van der Waals surface area contributed by atoms with Crippen LogP contribution in [0, 0.1) is 11.8 Å². The lowest BCUT2D eigenvalue weighted by Crippen LogP contribution is -2.24. The lowest BCUT2D eigenvalue weighted by Gasteiger charge is -2.30. The molecular weight excluding hydrogens is 234 g/mol. The van der Waals surface area contributed by atoms with Gasteiger partial charge in [0.15, 0.2) is 0 Å². The summed E-state index contributed by atoms with van der Waals surface area (Å²) < 4.78 is 6.04. The molecule has 1 aromatic rings. The minimum Gasteiger partial charge on any atom is -0.374 e. The summed E-state index contributed by atoms with van der Waals surface area (Å²) in [7, 11) is 0. The zero-order valence-corrected chi connectivity index (χ0v) is 12.3. The second kappa shape index (κ2) is 7.06. The Morgan fingerprint density at radius 3 is 2.16 bits per heavy atom. The van der Waals surface area contributed by atoms with E-state index in [2.05, 4.69) is 38.1 Å². The van der Waals surface area contributed by atoms with Crippen LogP contribution in [0.2, 0.25) is 0 Å². The van der Waals surface area contributed by atoms with Crippen LogP contribution in [-0.2, 0) is 17.9 Å². The van der Waals surface area contributed by atoms with Gasteiger partial charge in [0.2, 0.25) is 0 Å². The van der Waals surface area contributed by atoms with Crippen LogP contribution < -0.4 is 5.73 Å². The number of ether oxygens (including phenoxy) is 1. The van der Waals surface area contributed by atoms with E-state index in [1.165, 1.54) is 36.8 Å². The number of nitrogens with two attached hydrogens (primary N) is 1. The zero-order valence-electron chi connectivity index (χ0n) is 12.3. The van der Waals surface area contributed by atoms with E-state index in [4.69, 9.17) is 10.5 Å². The molecule has 1 aliphatic rings. The quantitative estimate of drug-likeness (QED) is 0.873. The third kappa shape index (κ3) is 4.32. The van der Waals surface area contributed by atoms with Crippen LogP contribution in [0.5, 0.6) is 0 Å². The molecule has 2 N–H and O–H groups in total. The standard InChI is InChI=1S/C17H27NO/c1-13(2)16-7-9-17(10-8-16)19-12-15-5-3-14(11-18)4-6-15/h3-6,13,16-17H,7-12,18H2,1-2H3. The van der Waals surface area contributed by atoms with Gasteiger partial charge in [-0.3, -0.25) is 0 Å². The molecule has 1 aromatic carbocycles. The summed E-state index contributed by atoms with van der Waals surface area (Å²) in [6, 6.07) is 8.44. The first kappa shape index (κ1) is 14.5. The molecule has 1 saturated carbocycles. The molecular formula is C17H27NO. The Bertz CT molecular complexity index is 363. The third-order valence-electron chi connectivity index (χ3n) is 4.41. The van der Waals surface area contributed by atoms with Crippen LogP contribution in [0.1, 0.15) is 50.7 Å². The minimum atomic E-state index is 0.462. The monoisotopic (exact) mass is 261 g/mol. The van der Waals surface area contributed by atoms with Gasteiger partial charge in [-0.15, -0.1) is 0 Å². The molecule has 0 aromatic heterocycles. The summed E-state index contributed by atoms with van der Waals surface area (Å²) in [5.74, 6) is 1.73. The maximum Gasteiger partial charge on any atom is 0.0720 e. The number of benzene rings is 1. The fraction of sp³-hybridized carbons (Fsp3) is 0.647. The zero-order chi connectivity index (χ0) is 13.7. The molecule has 0 atom stereocenters. The van der Waals surface area contributed by atoms with Gasteiger partial charge in [0.05, 0.1) is 12.7 Å². The van der Waals surface area contributed by atoms with Crippen molar-refractivity contribution < 1.29 is 4.74 Å². The van der Waals surface area contributed by atoms with Crippen molar-refractivity contribution in [2.75, 3.05) is 0 Å². The van der Waals surface area contributed by atoms with Gasteiger partial charge in [-0.25, -0.2) is 0 Å². The molecule has 106 valence electrons. The third-order valence-corrected chi connectivity index (χ3v) is 4.41. The molecule has 2 heteroatoms. The Labute approximate surface area is 117 Å². The number of hydrogen-bond acceptors (Lipinski definition) is 2. The molecule has 0 saturated heterocycles. The molecule has 0 amide bonds. The van der Waals surface area contributed by atoms with Crippen molar-refractivity contribution in [3.63, 3.8) is 0 Å². The lowest BCUT2D eigenvalue weighted by molar-refractivity contribution is 0.00257. The van der Waals surface area contributed by atoms with E-state index in [1.54, 1.807) is 0 Å². The largest absolute Gasteiger partial charge is 0.374 e. The Morgan fingerprint density at radius 2 is 1.63 bits per heavy atom. The van der Waals surface area contributed by atoms with Gasteiger partial charge < -0.3 is 10.5 Å². The highest BCUT2D eigenvalue weighted by molar-refractivity contribution is 5.21. The molecule has 0 heterocycles. The summed E-state index contributed by atoms with van der Waals surface area (Å²) in [6.07, 6.45) is 5.57. The van der Waals surface area contributed by atoms with E-state index in [0.717, 1.165) is 18.4 Å². The van der Waals surface area contributed by atoms with Gasteiger partial charge in [-0.1, -0.05) is 38.1 Å². The van der Waals surface area contributed by atoms with E-state index < -0.39 is 0 Å². The van der Waals surface area contributed by atoms with Crippen molar-refractivity contribution in [1.82, 2.24) is 0 Å². The average Bonchev–Trinajstić information content (AvgIpc) is 2.46. The molecule has 1 aliphatic carbocycles. The molecule has 2 rings (SSSR count).